The Bertz CT molecular complexity index is 887. The molecule has 4 rings (SSSR count). The van der Waals surface area contributed by atoms with E-state index in [1.54, 1.807) is 18.2 Å². The first kappa shape index (κ1) is 15.4. The van der Waals surface area contributed by atoms with Crippen molar-refractivity contribution >= 4 is 17.2 Å². The van der Waals surface area contributed by atoms with Gasteiger partial charge in [0.05, 0.1) is 5.92 Å². The largest absolute Gasteiger partial charge is 0.425 e. The second kappa shape index (κ2) is 4.94. The molecule has 1 N–H and O–H groups in total. The molecular weight excluding hydrogens is 345 g/mol. The van der Waals surface area contributed by atoms with Gasteiger partial charge in [-0.05, 0) is 34.3 Å². The topological polar surface area (TPSA) is 59.2 Å². The molecule has 0 radical (unpaired) electrons. The molecule has 2 aromatic rings. The first-order chi connectivity index (χ1) is 11.3. The minimum Gasteiger partial charge on any atom is -0.372 e. The number of hydrogen-bond acceptors (Lipinski definition) is 4. The number of rotatable bonds is 1. The molecule has 2 unspecified atom stereocenters. The summed E-state index contributed by atoms with van der Waals surface area (Å²) in [5.41, 5.74) is -2.78. The Kier molecular flexibility index (Phi) is 3.17. The molecule has 0 bridgehead atoms. The number of benzene rings is 1. The van der Waals surface area contributed by atoms with E-state index in [-0.39, 0.29) is 22.3 Å². The van der Waals surface area contributed by atoms with Crippen LogP contribution in [0.25, 0.3) is 5.57 Å². The number of allylic oxidation sites excluding steroid dienone is 2. The maximum absolute atomic E-state index is 13.7. The molecule has 24 heavy (non-hydrogen) atoms. The highest BCUT2D eigenvalue weighted by molar-refractivity contribution is 6.28. The molecule has 1 aromatic heterocycles. The van der Waals surface area contributed by atoms with E-state index >= 15 is 0 Å². The summed E-state index contributed by atoms with van der Waals surface area (Å²) in [6.45, 7) is 0. The minimum absolute atomic E-state index is 0.112. The standard InChI is InChI=1S/C16H10ClF3N2O2/c17-14-21-13(24-22-14)9-5-3-7-11-12(9)8-4-1-2-6-10(8)15(11,23)16(18,19)20/h1-4,6-7,9,23H,5H2. The van der Waals surface area contributed by atoms with Gasteiger partial charge in [-0.25, -0.2) is 0 Å². The second-order valence-corrected chi connectivity index (χ2v) is 6.01. The highest BCUT2D eigenvalue weighted by Gasteiger charge is 2.62. The molecule has 0 fully saturated rings. The Morgan fingerprint density at radius 1 is 1.29 bits per heavy atom. The first-order valence-corrected chi connectivity index (χ1v) is 7.51. The fourth-order valence-electron chi connectivity index (χ4n) is 3.43. The number of nitrogens with zero attached hydrogens (tertiary/aromatic N) is 2. The average molecular weight is 355 g/mol. The molecule has 0 aliphatic heterocycles. The van der Waals surface area contributed by atoms with Crippen LogP contribution >= 0.6 is 11.6 Å². The lowest BCUT2D eigenvalue weighted by Crippen LogP contribution is -2.42. The molecule has 0 saturated heterocycles. The van der Waals surface area contributed by atoms with Gasteiger partial charge < -0.3 is 9.63 Å². The second-order valence-electron chi connectivity index (χ2n) is 5.67. The van der Waals surface area contributed by atoms with Gasteiger partial charge in [-0.3, -0.25) is 0 Å². The number of aliphatic hydroxyl groups is 1. The molecule has 2 aliphatic carbocycles. The smallest absolute Gasteiger partial charge is 0.372 e. The fraction of sp³-hybridized carbons (Fsp3) is 0.250. The van der Waals surface area contributed by atoms with Crippen molar-refractivity contribution in [1.29, 1.82) is 0 Å². The van der Waals surface area contributed by atoms with Crippen LogP contribution in [0.4, 0.5) is 13.2 Å². The van der Waals surface area contributed by atoms with Crippen LogP contribution in [0.1, 0.15) is 29.4 Å². The lowest BCUT2D eigenvalue weighted by molar-refractivity contribution is -0.247. The van der Waals surface area contributed by atoms with Crippen molar-refractivity contribution in [3.8, 4) is 0 Å². The molecule has 0 spiro atoms. The van der Waals surface area contributed by atoms with Crippen LogP contribution in [-0.4, -0.2) is 21.4 Å². The predicted molar refractivity (Wildman–Crippen MR) is 79.1 cm³/mol. The molecule has 2 atom stereocenters. The van der Waals surface area contributed by atoms with E-state index in [2.05, 4.69) is 10.1 Å². The van der Waals surface area contributed by atoms with Gasteiger partial charge in [-0.15, -0.1) is 0 Å². The zero-order valence-corrected chi connectivity index (χ0v) is 12.8. The van der Waals surface area contributed by atoms with Gasteiger partial charge in [-0.2, -0.15) is 18.2 Å². The van der Waals surface area contributed by atoms with Crippen molar-refractivity contribution in [1.82, 2.24) is 10.1 Å². The quantitative estimate of drug-likeness (QED) is 0.841. The van der Waals surface area contributed by atoms with Crippen LogP contribution in [0.2, 0.25) is 5.28 Å². The van der Waals surface area contributed by atoms with Gasteiger partial charge in [0.25, 0.3) is 5.28 Å². The Morgan fingerprint density at radius 2 is 2.04 bits per heavy atom. The summed E-state index contributed by atoms with van der Waals surface area (Å²) in [6.07, 6.45) is -1.61. The lowest BCUT2D eigenvalue weighted by Gasteiger charge is -2.30. The highest BCUT2D eigenvalue weighted by atomic mass is 35.5. The molecular formula is C16H10ClF3N2O2. The van der Waals surface area contributed by atoms with Gasteiger partial charge in [0.2, 0.25) is 11.5 Å². The molecule has 124 valence electrons. The summed E-state index contributed by atoms with van der Waals surface area (Å²) < 4.78 is 46.3. The summed E-state index contributed by atoms with van der Waals surface area (Å²) in [5, 5.41) is 14.0. The third kappa shape index (κ3) is 1.91. The molecule has 0 amide bonds. The van der Waals surface area contributed by atoms with Crippen molar-refractivity contribution < 1.29 is 22.8 Å². The number of fused-ring (bicyclic) bond motifs is 2. The lowest BCUT2D eigenvalue weighted by atomic mass is 9.83. The molecule has 1 heterocycles. The Labute approximate surface area is 139 Å². The normalized spacial score (nSPS) is 25.8. The highest BCUT2D eigenvalue weighted by Crippen LogP contribution is 2.58. The predicted octanol–water partition coefficient (Wildman–Crippen LogP) is 3.98. The maximum atomic E-state index is 13.7. The van der Waals surface area contributed by atoms with E-state index in [9.17, 15) is 18.3 Å². The number of alkyl halides is 3. The van der Waals surface area contributed by atoms with Crippen LogP contribution in [0.3, 0.4) is 0 Å². The number of halogens is 4. The monoisotopic (exact) mass is 354 g/mol. The van der Waals surface area contributed by atoms with Crippen molar-refractivity contribution in [2.24, 2.45) is 0 Å². The van der Waals surface area contributed by atoms with E-state index in [0.717, 1.165) is 0 Å². The van der Waals surface area contributed by atoms with Crippen LogP contribution < -0.4 is 0 Å². The van der Waals surface area contributed by atoms with E-state index in [1.165, 1.54) is 18.2 Å². The van der Waals surface area contributed by atoms with Crippen LogP contribution in [0.15, 0.2) is 46.5 Å². The molecule has 4 nitrogen and oxygen atoms in total. The third-order valence-electron chi connectivity index (χ3n) is 4.42. The number of aromatic nitrogens is 2. The van der Waals surface area contributed by atoms with Gasteiger partial charge >= 0.3 is 6.18 Å². The molecule has 0 saturated carbocycles. The fourth-order valence-corrected chi connectivity index (χ4v) is 3.55. The van der Waals surface area contributed by atoms with Crippen molar-refractivity contribution in [3.05, 3.63) is 64.3 Å². The first-order valence-electron chi connectivity index (χ1n) is 7.13. The van der Waals surface area contributed by atoms with Crippen LogP contribution in [-0.2, 0) is 5.60 Å². The summed E-state index contributed by atoms with van der Waals surface area (Å²) in [5.74, 6) is -0.472. The Morgan fingerprint density at radius 3 is 2.71 bits per heavy atom. The van der Waals surface area contributed by atoms with Crippen molar-refractivity contribution in [2.45, 2.75) is 24.1 Å². The van der Waals surface area contributed by atoms with E-state index in [0.29, 0.717) is 17.6 Å². The van der Waals surface area contributed by atoms with Gasteiger partial charge in [0, 0.05) is 11.1 Å². The summed E-state index contributed by atoms with van der Waals surface area (Å²) in [7, 11) is 0. The zero-order valence-electron chi connectivity index (χ0n) is 12.0. The minimum atomic E-state index is -4.86. The van der Waals surface area contributed by atoms with Gasteiger partial charge in [0.15, 0.2) is 0 Å². The van der Waals surface area contributed by atoms with Crippen LogP contribution in [0.5, 0.6) is 0 Å². The zero-order chi connectivity index (χ0) is 17.1. The summed E-state index contributed by atoms with van der Waals surface area (Å²) >= 11 is 5.67. The van der Waals surface area contributed by atoms with Gasteiger partial charge in [-0.1, -0.05) is 36.4 Å². The summed E-state index contributed by atoms with van der Waals surface area (Å²) in [6, 6.07) is 5.93. The third-order valence-corrected chi connectivity index (χ3v) is 4.57. The Hall–Kier alpha value is -2.12. The van der Waals surface area contributed by atoms with E-state index < -0.39 is 17.7 Å². The van der Waals surface area contributed by atoms with Crippen molar-refractivity contribution in [2.75, 3.05) is 0 Å². The van der Waals surface area contributed by atoms with E-state index in [4.69, 9.17) is 16.1 Å². The maximum Gasteiger partial charge on any atom is 0.425 e. The van der Waals surface area contributed by atoms with Crippen LogP contribution in [0, 0.1) is 0 Å². The van der Waals surface area contributed by atoms with Crippen molar-refractivity contribution in [3.63, 3.8) is 0 Å². The van der Waals surface area contributed by atoms with E-state index in [1.807, 2.05) is 0 Å². The molecule has 2 aliphatic rings. The number of hydrogen-bond donors (Lipinski definition) is 1. The molecule has 1 aromatic carbocycles. The average Bonchev–Trinajstić information content (AvgIpc) is 3.09. The Balaban J connectivity index is 1.99. The SMILES string of the molecule is OC1(C(F)(F)F)C2=C(c3ccccc31)C(c1nc(Cl)no1)CC=C2. The summed E-state index contributed by atoms with van der Waals surface area (Å²) in [4.78, 5) is 3.93. The van der Waals surface area contributed by atoms with Gasteiger partial charge in [0.1, 0.15) is 0 Å². The molecule has 8 heteroatoms.